The van der Waals surface area contributed by atoms with Crippen LogP contribution < -0.4 is 23.7 Å². The maximum Gasteiger partial charge on any atom is 0.165 e. The highest BCUT2D eigenvalue weighted by Gasteiger charge is 2.37. The van der Waals surface area contributed by atoms with Crippen LogP contribution in [0.5, 0.6) is 28.7 Å². The van der Waals surface area contributed by atoms with Gasteiger partial charge < -0.3 is 23.7 Å². The summed E-state index contributed by atoms with van der Waals surface area (Å²) >= 11 is 0. The molecule has 5 nitrogen and oxygen atoms in total. The van der Waals surface area contributed by atoms with Crippen LogP contribution >= 0.6 is 0 Å². The number of methoxy groups -OCH3 is 2. The summed E-state index contributed by atoms with van der Waals surface area (Å²) in [6.45, 7) is 21.4. The Morgan fingerprint density at radius 3 is 1.53 bits per heavy atom. The summed E-state index contributed by atoms with van der Waals surface area (Å²) in [7, 11) is 3.42. The van der Waals surface area contributed by atoms with Crippen LogP contribution in [0.25, 0.3) is 6.08 Å². The highest BCUT2D eigenvalue weighted by molar-refractivity contribution is 5.64. The molecule has 2 aromatic rings. The van der Waals surface area contributed by atoms with Crippen LogP contribution in [-0.2, 0) is 0 Å². The lowest BCUT2D eigenvalue weighted by Gasteiger charge is -2.40. The first kappa shape index (κ1) is 43.5. The zero-order valence-corrected chi connectivity index (χ0v) is 37.6. The van der Waals surface area contributed by atoms with Gasteiger partial charge in [-0.15, -0.1) is 0 Å². The number of ether oxygens (including phenoxy) is 5. The van der Waals surface area contributed by atoms with Gasteiger partial charge >= 0.3 is 0 Å². The largest absolute Gasteiger partial charge is 0.493 e. The summed E-state index contributed by atoms with van der Waals surface area (Å²) in [4.78, 5) is 0. The summed E-state index contributed by atoms with van der Waals surface area (Å²) < 4.78 is 33.3. The SMILES string of the molecule is COc1ccc([C@@H]2C=CCC[C@H]2/C=C/c2cc(OC3CC(C)CCC3C(C)C)c(OC3CC(C)CCC3C(C)C)cc2OC2CC(C)CCC2C(C)C)cc1OC. The Hall–Kier alpha value is -3.08. The van der Waals surface area contributed by atoms with Gasteiger partial charge in [0.1, 0.15) is 24.1 Å². The van der Waals surface area contributed by atoms with E-state index in [2.05, 4.69) is 111 Å². The molecule has 57 heavy (non-hydrogen) atoms. The van der Waals surface area contributed by atoms with E-state index >= 15 is 0 Å². The Bertz CT molecular complexity index is 1640. The van der Waals surface area contributed by atoms with Crippen LogP contribution in [0, 0.1) is 59.2 Å². The van der Waals surface area contributed by atoms with E-state index in [4.69, 9.17) is 23.7 Å². The molecule has 0 saturated heterocycles. The molecule has 2 aromatic carbocycles. The average Bonchev–Trinajstić information content (AvgIpc) is 3.17. The van der Waals surface area contributed by atoms with E-state index in [1.165, 1.54) is 44.1 Å². The van der Waals surface area contributed by atoms with Gasteiger partial charge in [-0.3, -0.25) is 0 Å². The molecule has 4 aliphatic rings. The van der Waals surface area contributed by atoms with Crippen molar-refractivity contribution in [2.45, 2.75) is 157 Å². The zero-order valence-electron chi connectivity index (χ0n) is 37.6. The molecule has 0 aliphatic heterocycles. The van der Waals surface area contributed by atoms with Crippen molar-refractivity contribution in [3.63, 3.8) is 0 Å². The smallest absolute Gasteiger partial charge is 0.165 e. The number of allylic oxidation sites excluding steroid dienone is 3. The van der Waals surface area contributed by atoms with Gasteiger partial charge in [0.05, 0.1) is 14.2 Å². The fourth-order valence-electron chi connectivity index (χ4n) is 10.9. The summed E-state index contributed by atoms with van der Waals surface area (Å²) in [5.41, 5.74) is 2.34. The Morgan fingerprint density at radius 2 is 1.04 bits per heavy atom. The molecule has 0 bridgehead atoms. The van der Waals surface area contributed by atoms with E-state index in [1.807, 2.05) is 6.07 Å². The quantitative estimate of drug-likeness (QED) is 0.179. The molecular formula is C52H78O5. The number of hydrogen-bond acceptors (Lipinski definition) is 5. The summed E-state index contributed by atoms with van der Waals surface area (Å²) in [5.74, 6) is 10.00. The third-order valence-electron chi connectivity index (χ3n) is 14.6. The molecule has 0 amide bonds. The Kier molecular flexibility index (Phi) is 15.1. The summed E-state index contributed by atoms with van der Waals surface area (Å²) in [6, 6.07) is 10.9. The van der Waals surface area contributed by atoms with Gasteiger partial charge in [0.2, 0.25) is 0 Å². The molecule has 0 aromatic heterocycles. The molecule has 0 N–H and O–H groups in total. The highest BCUT2D eigenvalue weighted by Crippen LogP contribution is 2.46. The van der Waals surface area contributed by atoms with Crippen molar-refractivity contribution in [1.29, 1.82) is 0 Å². The minimum absolute atomic E-state index is 0.158. The van der Waals surface area contributed by atoms with Gasteiger partial charge in [-0.2, -0.15) is 0 Å². The van der Waals surface area contributed by atoms with Gasteiger partial charge in [0.25, 0.3) is 0 Å². The Balaban J connectivity index is 1.44. The molecule has 9 unspecified atom stereocenters. The number of rotatable bonds is 14. The first-order valence-electron chi connectivity index (χ1n) is 23.1. The average molecular weight is 783 g/mol. The zero-order chi connectivity index (χ0) is 40.8. The minimum Gasteiger partial charge on any atom is -0.493 e. The van der Waals surface area contributed by atoms with E-state index in [1.54, 1.807) is 14.2 Å². The fraction of sp³-hybridized carbons (Fsp3) is 0.692. The molecule has 316 valence electrons. The summed E-state index contributed by atoms with van der Waals surface area (Å²) in [5, 5.41) is 0. The maximum absolute atomic E-state index is 7.35. The highest BCUT2D eigenvalue weighted by atomic mass is 16.5. The van der Waals surface area contributed by atoms with Crippen molar-refractivity contribution in [3.05, 3.63) is 59.7 Å². The first-order chi connectivity index (χ1) is 27.3. The molecule has 5 heteroatoms. The maximum atomic E-state index is 7.35. The Morgan fingerprint density at radius 1 is 0.544 bits per heavy atom. The number of hydrogen-bond donors (Lipinski definition) is 0. The molecule has 0 radical (unpaired) electrons. The monoisotopic (exact) mass is 783 g/mol. The van der Waals surface area contributed by atoms with E-state index in [9.17, 15) is 0 Å². The lowest BCUT2D eigenvalue weighted by molar-refractivity contribution is 0.0249. The third kappa shape index (κ3) is 10.8. The third-order valence-corrected chi connectivity index (χ3v) is 14.6. The molecule has 0 heterocycles. The second-order valence-electron chi connectivity index (χ2n) is 20.0. The molecule has 0 spiro atoms. The lowest BCUT2D eigenvalue weighted by Crippen LogP contribution is -2.38. The van der Waals surface area contributed by atoms with Crippen molar-refractivity contribution >= 4 is 6.08 Å². The summed E-state index contributed by atoms with van der Waals surface area (Å²) in [6.07, 6.45) is 22.9. The molecular weight excluding hydrogens is 705 g/mol. The van der Waals surface area contributed by atoms with Gasteiger partial charge in [-0.1, -0.05) is 112 Å². The van der Waals surface area contributed by atoms with Crippen molar-refractivity contribution in [2.75, 3.05) is 14.2 Å². The second-order valence-corrected chi connectivity index (χ2v) is 20.0. The van der Waals surface area contributed by atoms with Crippen molar-refractivity contribution in [3.8, 4) is 28.7 Å². The van der Waals surface area contributed by atoms with Gasteiger partial charge in [0.15, 0.2) is 23.0 Å². The van der Waals surface area contributed by atoms with Crippen LogP contribution in [0.2, 0.25) is 0 Å². The van der Waals surface area contributed by atoms with Crippen molar-refractivity contribution in [2.24, 2.45) is 59.2 Å². The van der Waals surface area contributed by atoms with E-state index in [-0.39, 0.29) is 24.2 Å². The van der Waals surface area contributed by atoms with Gasteiger partial charge in [0, 0.05) is 17.5 Å². The van der Waals surface area contributed by atoms with E-state index in [0.29, 0.717) is 59.2 Å². The molecule has 6 rings (SSSR count). The first-order valence-corrected chi connectivity index (χ1v) is 23.1. The van der Waals surface area contributed by atoms with Crippen LogP contribution in [0.3, 0.4) is 0 Å². The second kappa shape index (κ2) is 19.8. The van der Waals surface area contributed by atoms with E-state index < -0.39 is 0 Å². The van der Waals surface area contributed by atoms with Crippen LogP contribution in [0.1, 0.15) is 150 Å². The molecule has 11 atom stereocenters. The molecule has 4 aliphatic carbocycles. The van der Waals surface area contributed by atoms with Crippen molar-refractivity contribution < 1.29 is 23.7 Å². The predicted molar refractivity (Wildman–Crippen MR) is 237 cm³/mol. The Labute approximate surface area is 347 Å². The lowest BCUT2D eigenvalue weighted by atomic mass is 9.75. The minimum atomic E-state index is 0.158. The normalized spacial score (nSPS) is 32.2. The van der Waals surface area contributed by atoms with E-state index in [0.717, 1.165) is 66.4 Å². The predicted octanol–water partition coefficient (Wildman–Crippen LogP) is 14.0. The van der Waals surface area contributed by atoms with Crippen LogP contribution in [0.15, 0.2) is 48.6 Å². The topological polar surface area (TPSA) is 46.2 Å². The standard InChI is InChI=1S/C52H78O5/c1-32(2)41-22-16-35(7)26-47(41)55-46-31-52(57-49-28-37(9)18-24-43(49)34(5)6)51(56-48-27-36(8)17-23-42(48)33(3)4)30-40(46)20-19-38-14-12-13-15-44(38)39-21-25-45(53-10)50(29-39)54-11/h13,15,19-21,25,29-38,41-44,47-49H,12,14,16-18,22-24,26-28H2,1-11H3/b20-19+/t35?,36?,37?,38-,41?,42?,43?,44+,47?,48?,49?/m0/s1. The van der Waals surface area contributed by atoms with Gasteiger partial charge in [-0.25, -0.2) is 0 Å². The van der Waals surface area contributed by atoms with Gasteiger partial charge in [-0.05, 0) is 134 Å². The van der Waals surface area contributed by atoms with Crippen LogP contribution in [0.4, 0.5) is 0 Å². The molecule has 3 fully saturated rings. The molecule has 3 saturated carbocycles. The number of benzene rings is 2. The van der Waals surface area contributed by atoms with Crippen molar-refractivity contribution in [1.82, 2.24) is 0 Å². The van der Waals surface area contributed by atoms with Crippen LogP contribution in [-0.4, -0.2) is 32.5 Å². The fourth-order valence-corrected chi connectivity index (χ4v) is 10.9.